The lowest BCUT2D eigenvalue weighted by Gasteiger charge is -2.27. The highest BCUT2D eigenvalue weighted by molar-refractivity contribution is 7.80. The number of benzene rings is 1. The Balaban J connectivity index is 1.71. The Morgan fingerprint density at radius 3 is 2.68 bits per heavy atom. The van der Waals surface area contributed by atoms with Gasteiger partial charge in [-0.1, -0.05) is 17.7 Å². The minimum Gasteiger partial charge on any atom is -0.375 e. The first-order valence-corrected chi connectivity index (χ1v) is 9.68. The van der Waals surface area contributed by atoms with Crippen molar-refractivity contribution in [3.05, 3.63) is 33.6 Å². The molecule has 2 bridgehead atoms. The molecule has 3 unspecified atom stereocenters. The molecule has 0 amide bonds. The molecule has 3 N–H and O–H groups in total. The van der Waals surface area contributed by atoms with E-state index in [1.165, 1.54) is 5.56 Å². The van der Waals surface area contributed by atoms with Crippen LogP contribution in [0.4, 0.5) is 0 Å². The van der Waals surface area contributed by atoms with Crippen LogP contribution in [0.1, 0.15) is 29.2 Å². The molecule has 0 aliphatic carbocycles. The number of hydrazone groups is 1. The van der Waals surface area contributed by atoms with Crippen molar-refractivity contribution >= 4 is 35.3 Å². The molecule has 148 valence electrons. The van der Waals surface area contributed by atoms with Crippen LogP contribution in [0.15, 0.2) is 17.2 Å². The molecule has 3 heterocycles. The molecule has 2 aromatic rings. The summed E-state index contributed by atoms with van der Waals surface area (Å²) in [6.45, 7) is 6.58. The largest absolute Gasteiger partial charge is 0.375 e. The summed E-state index contributed by atoms with van der Waals surface area (Å²) in [4.78, 5) is 0. The molecule has 9 nitrogen and oxygen atoms in total. The van der Waals surface area contributed by atoms with Crippen molar-refractivity contribution in [2.75, 3.05) is 6.61 Å². The Kier molecular flexibility index (Phi) is 5.00. The number of tetrazole rings is 1. The van der Waals surface area contributed by atoms with E-state index in [0.717, 1.165) is 16.8 Å². The molecule has 2 saturated heterocycles. The first kappa shape index (κ1) is 19.1. The summed E-state index contributed by atoms with van der Waals surface area (Å²) in [5, 5.41) is 13.0. The van der Waals surface area contributed by atoms with Gasteiger partial charge in [0.1, 0.15) is 6.10 Å². The number of fused-ring (bicyclic) bond motifs is 2. The van der Waals surface area contributed by atoms with Gasteiger partial charge in [-0.15, -0.1) is 0 Å². The van der Waals surface area contributed by atoms with Crippen molar-refractivity contribution in [3.8, 4) is 5.69 Å². The first-order chi connectivity index (χ1) is 13.3. The van der Waals surface area contributed by atoms with Gasteiger partial charge in [0.2, 0.25) is 4.77 Å². The third-order valence-electron chi connectivity index (χ3n) is 4.90. The van der Waals surface area contributed by atoms with Crippen LogP contribution in [0, 0.1) is 25.5 Å². The Morgan fingerprint density at radius 2 is 2.00 bits per heavy atom. The molecular formula is C17H21N7O2S2. The zero-order valence-electron chi connectivity index (χ0n) is 15.7. The quantitative estimate of drug-likeness (QED) is 0.571. The van der Waals surface area contributed by atoms with Gasteiger partial charge in [-0.3, -0.25) is 5.43 Å². The monoisotopic (exact) mass is 419 g/mol. The van der Waals surface area contributed by atoms with Crippen molar-refractivity contribution < 1.29 is 9.47 Å². The van der Waals surface area contributed by atoms with E-state index in [-0.39, 0.29) is 17.3 Å². The summed E-state index contributed by atoms with van der Waals surface area (Å²) in [7, 11) is 0. The number of nitrogens with two attached hydrogens (primary N) is 1. The lowest BCUT2D eigenvalue weighted by Crippen LogP contribution is -2.39. The average molecular weight is 420 g/mol. The van der Waals surface area contributed by atoms with Crippen LogP contribution in [-0.2, 0) is 9.47 Å². The van der Waals surface area contributed by atoms with Crippen LogP contribution in [-0.4, -0.2) is 49.6 Å². The third-order valence-corrected chi connectivity index (χ3v) is 5.36. The Bertz CT molecular complexity index is 1010. The van der Waals surface area contributed by atoms with E-state index >= 15 is 0 Å². The highest BCUT2D eigenvalue weighted by atomic mass is 32.1. The minimum absolute atomic E-state index is 0.0806. The zero-order chi connectivity index (χ0) is 20.0. The van der Waals surface area contributed by atoms with Crippen molar-refractivity contribution in [1.82, 2.24) is 25.2 Å². The fraction of sp³-hybridized carbons (Fsp3) is 0.471. The molecule has 1 aromatic carbocycles. The Hall–Kier alpha value is -2.21. The molecule has 0 spiro atoms. The summed E-state index contributed by atoms with van der Waals surface area (Å²) >= 11 is 10.5. The van der Waals surface area contributed by atoms with Crippen LogP contribution in [0.5, 0.6) is 0 Å². The van der Waals surface area contributed by atoms with Gasteiger partial charge in [-0.05, 0) is 66.8 Å². The lowest BCUT2D eigenvalue weighted by atomic mass is 10.0. The van der Waals surface area contributed by atoms with Gasteiger partial charge >= 0.3 is 0 Å². The maximum Gasteiger partial charge on any atom is 0.221 e. The van der Waals surface area contributed by atoms with Gasteiger partial charge in [0, 0.05) is 6.42 Å². The van der Waals surface area contributed by atoms with Crippen LogP contribution in [0.3, 0.4) is 0 Å². The van der Waals surface area contributed by atoms with Crippen molar-refractivity contribution in [2.45, 2.75) is 45.6 Å². The maximum atomic E-state index is 5.92. The van der Waals surface area contributed by atoms with E-state index in [9.17, 15) is 0 Å². The third kappa shape index (κ3) is 3.34. The number of nitrogens with one attached hydrogen (secondary N) is 1. The number of thiocarbonyl (C=S) groups is 1. The number of rotatable bonds is 3. The number of nitrogens with zero attached hydrogens (tertiary/aromatic N) is 5. The van der Waals surface area contributed by atoms with Gasteiger partial charge in [0.15, 0.2) is 11.4 Å². The van der Waals surface area contributed by atoms with E-state index < -0.39 is 6.29 Å². The number of hydrogen-bond acceptors (Lipinski definition) is 7. The SMILES string of the molecule is Cc1cc(C)c(-n2nnn(C3C/C(=N/NC(N)=S)C4OCC3O4)c2=S)c(C)c1. The zero-order valence-corrected chi connectivity index (χ0v) is 17.4. The van der Waals surface area contributed by atoms with Crippen LogP contribution in [0.25, 0.3) is 5.69 Å². The molecule has 2 aliphatic rings. The molecule has 3 atom stereocenters. The summed E-state index contributed by atoms with van der Waals surface area (Å²) in [5.74, 6) is 0. The number of ether oxygens (including phenoxy) is 2. The van der Waals surface area contributed by atoms with Crippen LogP contribution < -0.4 is 11.2 Å². The minimum atomic E-state index is -0.506. The fourth-order valence-corrected chi connectivity index (χ4v) is 4.16. The van der Waals surface area contributed by atoms with Crippen LogP contribution >= 0.6 is 24.4 Å². The van der Waals surface area contributed by atoms with Crippen molar-refractivity contribution in [1.29, 1.82) is 0 Å². The van der Waals surface area contributed by atoms with Gasteiger partial charge in [0.05, 0.1) is 24.0 Å². The molecule has 1 aromatic heterocycles. The molecule has 4 rings (SSSR count). The molecule has 0 saturated carbocycles. The van der Waals surface area contributed by atoms with E-state index in [0.29, 0.717) is 23.5 Å². The number of hydrogen-bond donors (Lipinski definition) is 2. The molecule has 2 aliphatic heterocycles. The smallest absolute Gasteiger partial charge is 0.221 e. The van der Waals surface area contributed by atoms with Gasteiger partial charge in [0.25, 0.3) is 0 Å². The van der Waals surface area contributed by atoms with Gasteiger partial charge < -0.3 is 15.2 Å². The second-order valence-electron chi connectivity index (χ2n) is 7.06. The predicted molar refractivity (Wildman–Crippen MR) is 110 cm³/mol. The van der Waals surface area contributed by atoms with E-state index in [1.54, 1.807) is 9.36 Å². The summed E-state index contributed by atoms with van der Waals surface area (Å²) in [6.07, 6.45) is -0.135. The number of aromatic nitrogens is 4. The Labute approximate surface area is 172 Å². The van der Waals surface area contributed by atoms with Crippen LogP contribution in [0.2, 0.25) is 0 Å². The van der Waals surface area contributed by atoms with Gasteiger partial charge in [-0.25, -0.2) is 4.68 Å². The van der Waals surface area contributed by atoms with E-state index in [1.807, 2.05) is 13.8 Å². The first-order valence-electron chi connectivity index (χ1n) is 8.87. The highest BCUT2D eigenvalue weighted by Crippen LogP contribution is 2.33. The second kappa shape index (κ2) is 7.32. The Morgan fingerprint density at radius 1 is 1.29 bits per heavy atom. The van der Waals surface area contributed by atoms with Gasteiger partial charge in [-0.2, -0.15) is 9.78 Å². The summed E-state index contributed by atoms with van der Waals surface area (Å²) in [5.41, 5.74) is 13.0. The molecule has 28 heavy (non-hydrogen) atoms. The van der Waals surface area contributed by atoms with Crippen molar-refractivity contribution in [2.24, 2.45) is 10.8 Å². The standard InChI is InChI=1S/C17H21N7O2S2/c1-8-4-9(2)14(10(3)5-8)24-17(28)23(21-22-24)12-6-11(19-20-16(18)27)15-25-7-13(12)26-15/h4-5,12-13,15H,6-7H2,1-3H3,(H3,18,20,27)/b19-11-. The summed E-state index contributed by atoms with van der Waals surface area (Å²) < 4.78 is 15.5. The summed E-state index contributed by atoms with van der Waals surface area (Å²) in [6, 6.07) is 4.03. The maximum absolute atomic E-state index is 5.92. The number of aryl methyl sites for hydroxylation is 3. The second-order valence-corrected chi connectivity index (χ2v) is 7.86. The molecule has 0 radical (unpaired) electrons. The fourth-order valence-electron chi connectivity index (χ4n) is 3.82. The lowest BCUT2D eigenvalue weighted by molar-refractivity contribution is -0.0324. The molecule has 2 fully saturated rings. The predicted octanol–water partition coefficient (Wildman–Crippen LogP) is 1.60. The normalized spacial score (nSPS) is 25.2. The van der Waals surface area contributed by atoms with E-state index in [4.69, 9.17) is 39.6 Å². The average Bonchev–Trinajstić information content (AvgIpc) is 3.19. The van der Waals surface area contributed by atoms with Crippen molar-refractivity contribution in [3.63, 3.8) is 0 Å². The molecular weight excluding hydrogens is 398 g/mol. The van der Waals surface area contributed by atoms with E-state index in [2.05, 4.69) is 40.0 Å². The topological polar surface area (TPSA) is 105 Å². The highest BCUT2D eigenvalue weighted by Gasteiger charge is 2.44. The molecule has 11 heteroatoms.